The van der Waals surface area contributed by atoms with Crippen molar-refractivity contribution in [3.63, 3.8) is 0 Å². The van der Waals surface area contributed by atoms with E-state index >= 15 is 0 Å². The van der Waals surface area contributed by atoms with Crippen LogP contribution in [0.15, 0.2) is 6.07 Å². The van der Waals surface area contributed by atoms with Crippen molar-refractivity contribution in [1.29, 1.82) is 0 Å². The molecule has 0 aliphatic rings. The van der Waals surface area contributed by atoms with Gasteiger partial charge in [0.15, 0.2) is 5.69 Å². The molecule has 6 nitrogen and oxygen atoms in total. The number of methoxy groups -OCH3 is 1. The van der Waals surface area contributed by atoms with Gasteiger partial charge in [-0.05, 0) is 5.92 Å². The van der Waals surface area contributed by atoms with Crippen molar-refractivity contribution in [3.05, 3.63) is 11.8 Å². The molecule has 1 aromatic heterocycles. The molecule has 4 N–H and O–H groups in total. The van der Waals surface area contributed by atoms with E-state index in [0.717, 1.165) is 6.07 Å². The Kier molecular flexibility index (Phi) is 5.31. The lowest BCUT2D eigenvalue weighted by Crippen LogP contribution is -2.20. The Hall–Kier alpha value is -1.61. The second kappa shape index (κ2) is 6.53. The summed E-state index contributed by atoms with van der Waals surface area (Å²) in [6.45, 7) is 2.81. The maximum absolute atomic E-state index is 12.6. The van der Waals surface area contributed by atoms with Crippen molar-refractivity contribution in [2.24, 2.45) is 11.8 Å². The molecule has 0 fully saturated rings. The Morgan fingerprint density at radius 2 is 2.11 bits per heavy atom. The van der Waals surface area contributed by atoms with Crippen LogP contribution in [0.1, 0.15) is 12.6 Å². The first-order chi connectivity index (χ1) is 8.86. The number of alkyl halides is 3. The maximum Gasteiger partial charge on any atom is 0.433 e. The summed E-state index contributed by atoms with van der Waals surface area (Å²) in [6, 6.07) is 0.834. The average Bonchev–Trinajstić information content (AvgIpc) is 2.35. The summed E-state index contributed by atoms with van der Waals surface area (Å²) in [5.41, 5.74) is 0.948. The third-order valence-electron chi connectivity index (χ3n) is 2.23. The van der Waals surface area contributed by atoms with Crippen LogP contribution in [0, 0.1) is 5.92 Å². The van der Waals surface area contributed by atoms with Gasteiger partial charge in [-0.15, -0.1) is 0 Å². The number of halogens is 3. The summed E-state index contributed by atoms with van der Waals surface area (Å²) in [5, 5.41) is 2.79. The lowest BCUT2D eigenvalue weighted by atomic mass is 10.2. The van der Waals surface area contributed by atoms with Crippen molar-refractivity contribution in [1.82, 2.24) is 9.97 Å². The summed E-state index contributed by atoms with van der Waals surface area (Å²) < 4.78 is 42.7. The van der Waals surface area contributed by atoms with Crippen molar-refractivity contribution in [2.75, 3.05) is 31.0 Å². The van der Waals surface area contributed by atoms with Crippen LogP contribution in [0.4, 0.5) is 24.9 Å². The molecule has 1 rings (SSSR count). The molecule has 19 heavy (non-hydrogen) atoms. The molecule has 1 unspecified atom stereocenters. The van der Waals surface area contributed by atoms with Crippen LogP contribution in [-0.4, -0.2) is 30.2 Å². The summed E-state index contributed by atoms with van der Waals surface area (Å²) in [5.74, 6) is 4.93. The van der Waals surface area contributed by atoms with Crippen LogP contribution in [0.3, 0.4) is 0 Å². The highest BCUT2D eigenvalue weighted by Gasteiger charge is 2.33. The lowest BCUT2D eigenvalue weighted by Gasteiger charge is -2.14. The van der Waals surface area contributed by atoms with Gasteiger partial charge in [0.1, 0.15) is 5.82 Å². The number of hydrogen-bond acceptors (Lipinski definition) is 6. The molecule has 0 amide bonds. The normalized spacial score (nSPS) is 13.2. The number of hydrazine groups is 1. The molecule has 0 bridgehead atoms. The van der Waals surface area contributed by atoms with Crippen molar-refractivity contribution < 1.29 is 17.9 Å². The van der Waals surface area contributed by atoms with Gasteiger partial charge < -0.3 is 10.1 Å². The van der Waals surface area contributed by atoms with E-state index in [1.54, 1.807) is 7.11 Å². The van der Waals surface area contributed by atoms with Gasteiger partial charge in [-0.25, -0.2) is 10.8 Å². The third kappa shape index (κ3) is 4.87. The number of nitrogens with two attached hydrogens (primary N) is 1. The second-order valence-corrected chi connectivity index (χ2v) is 4.05. The molecule has 0 aliphatic carbocycles. The number of nitrogens with one attached hydrogen (secondary N) is 2. The summed E-state index contributed by atoms with van der Waals surface area (Å²) >= 11 is 0. The SMILES string of the molecule is COCC(C)CNc1cc(C(F)(F)F)nc(NN)n1. The highest BCUT2D eigenvalue weighted by molar-refractivity contribution is 5.42. The molecule has 0 aliphatic heterocycles. The number of hydrogen-bond donors (Lipinski definition) is 3. The average molecular weight is 279 g/mol. The molecule has 0 aromatic carbocycles. The number of rotatable bonds is 6. The largest absolute Gasteiger partial charge is 0.433 e. The summed E-state index contributed by atoms with van der Waals surface area (Å²) in [4.78, 5) is 7.05. The number of nitrogens with zero attached hydrogens (tertiary/aromatic N) is 2. The van der Waals surface area contributed by atoms with Crippen molar-refractivity contribution in [3.8, 4) is 0 Å². The Balaban J connectivity index is 2.83. The molecule has 108 valence electrons. The number of aromatic nitrogens is 2. The van der Waals surface area contributed by atoms with Gasteiger partial charge in [0.25, 0.3) is 0 Å². The van der Waals surface area contributed by atoms with E-state index in [-0.39, 0.29) is 17.7 Å². The van der Waals surface area contributed by atoms with Crippen LogP contribution < -0.4 is 16.6 Å². The Bertz CT molecular complexity index is 413. The number of anilines is 2. The smallest absolute Gasteiger partial charge is 0.384 e. The fourth-order valence-corrected chi connectivity index (χ4v) is 1.37. The minimum absolute atomic E-state index is 0.0539. The zero-order valence-corrected chi connectivity index (χ0v) is 10.6. The van der Waals surface area contributed by atoms with Crippen LogP contribution in [0.5, 0.6) is 0 Å². The van der Waals surface area contributed by atoms with Gasteiger partial charge in [0.05, 0.1) is 6.61 Å². The fourth-order valence-electron chi connectivity index (χ4n) is 1.37. The van der Waals surface area contributed by atoms with Gasteiger partial charge in [-0.2, -0.15) is 18.2 Å². The van der Waals surface area contributed by atoms with E-state index in [0.29, 0.717) is 13.2 Å². The van der Waals surface area contributed by atoms with Crippen LogP contribution in [0.25, 0.3) is 0 Å². The lowest BCUT2D eigenvalue weighted by molar-refractivity contribution is -0.141. The maximum atomic E-state index is 12.6. The van der Waals surface area contributed by atoms with Gasteiger partial charge >= 0.3 is 6.18 Å². The number of nitrogen functional groups attached to an aromatic ring is 1. The molecule has 0 spiro atoms. The summed E-state index contributed by atoms with van der Waals surface area (Å²) in [6.07, 6.45) is -4.55. The Labute approximate surface area is 108 Å². The molecule has 1 atom stereocenters. The second-order valence-electron chi connectivity index (χ2n) is 4.05. The van der Waals surface area contributed by atoms with Crippen LogP contribution in [0.2, 0.25) is 0 Å². The zero-order valence-electron chi connectivity index (χ0n) is 10.6. The van der Waals surface area contributed by atoms with E-state index in [2.05, 4.69) is 15.3 Å². The first-order valence-electron chi connectivity index (χ1n) is 5.52. The third-order valence-corrected chi connectivity index (χ3v) is 2.23. The van der Waals surface area contributed by atoms with Gasteiger partial charge in [0.2, 0.25) is 5.95 Å². The molecule has 1 heterocycles. The molecule has 0 saturated carbocycles. The fraction of sp³-hybridized carbons (Fsp3) is 0.600. The van der Waals surface area contributed by atoms with Gasteiger partial charge in [0, 0.05) is 19.7 Å². The molecule has 0 saturated heterocycles. The molecular weight excluding hydrogens is 263 g/mol. The quantitative estimate of drug-likeness (QED) is 0.540. The Morgan fingerprint density at radius 3 is 2.63 bits per heavy atom. The monoisotopic (exact) mass is 279 g/mol. The minimum atomic E-state index is -4.55. The van der Waals surface area contributed by atoms with E-state index in [1.807, 2.05) is 12.3 Å². The molecule has 1 aromatic rings. The van der Waals surface area contributed by atoms with Gasteiger partial charge in [-0.1, -0.05) is 6.92 Å². The van der Waals surface area contributed by atoms with Crippen molar-refractivity contribution >= 4 is 11.8 Å². The standard InChI is InChI=1S/C10H16F3N5O/c1-6(5-19-2)4-15-8-3-7(10(11,12)13)16-9(17-8)18-14/h3,6H,4-5,14H2,1-2H3,(H2,15,16,17,18). The predicted octanol–water partition coefficient (Wildman–Crippen LogP) is 1.48. The summed E-state index contributed by atoms with van der Waals surface area (Å²) in [7, 11) is 1.55. The van der Waals surface area contributed by atoms with Crippen LogP contribution in [-0.2, 0) is 10.9 Å². The van der Waals surface area contributed by atoms with E-state index in [1.165, 1.54) is 0 Å². The highest BCUT2D eigenvalue weighted by Crippen LogP contribution is 2.29. The molecule has 9 heteroatoms. The number of ether oxygens (including phenoxy) is 1. The van der Waals surface area contributed by atoms with Crippen LogP contribution >= 0.6 is 0 Å². The van der Waals surface area contributed by atoms with Crippen molar-refractivity contribution in [2.45, 2.75) is 13.1 Å². The van der Waals surface area contributed by atoms with E-state index < -0.39 is 11.9 Å². The van der Waals surface area contributed by atoms with E-state index in [4.69, 9.17) is 10.6 Å². The minimum Gasteiger partial charge on any atom is -0.384 e. The van der Waals surface area contributed by atoms with E-state index in [9.17, 15) is 13.2 Å². The van der Waals surface area contributed by atoms with Gasteiger partial charge in [-0.3, -0.25) is 5.43 Å². The molecular formula is C10H16F3N5O. The Morgan fingerprint density at radius 1 is 1.42 bits per heavy atom. The first kappa shape index (κ1) is 15.4. The molecule has 0 radical (unpaired) electrons. The highest BCUT2D eigenvalue weighted by atomic mass is 19.4. The topological polar surface area (TPSA) is 85.1 Å². The predicted molar refractivity (Wildman–Crippen MR) is 64.4 cm³/mol. The zero-order chi connectivity index (χ0) is 14.5. The first-order valence-corrected chi connectivity index (χ1v) is 5.52.